The zero-order chi connectivity index (χ0) is 16.6. The van der Waals surface area contributed by atoms with Crippen molar-refractivity contribution in [2.45, 2.75) is 27.7 Å². The molecule has 0 unspecified atom stereocenters. The second kappa shape index (κ2) is 4.48. The third-order valence-electron chi connectivity index (χ3n) is 5.96. The minimum Gasteiger partial charge on any atom is -0.0610 e. The highest BCUT2D eigenvalue weighted by Gasteiger charge is 2.16. The van der Waals surface area contributed by atoms with Crippen LogP contribution in [0, 0.1) is 27.7 Å². The Morgan fingerprint density at radius 1 is 0.458 bits per heavy atom. The van der Waals surface area contributed by atoms with E-state index in [9.17, 15) is 0 Å². The SMILES string of the molecule is Cc1cc2c3cc(C)c(C)c4cccc(c5cccc(c1C)c52)c43. The van der Waals surface area contributed by atoms with Gasteiger partial charge in [-0.15, -0.1) is 0 Å². The van der Waals surface area contributed by atoms with Crippen LogP contribution in [-0.4, -0.2) is 0 Å². The molecule has 0 aliphatic rings. The summed E-state index contributed by atoms with van der Waals surface area (Å²) in [6, 6.07) is 18.3. The second-order valence-corrected chi connectivity index (χ2v) is 7.19. The first-order valence-electron chi connectivity index (χ1n) is 8.64. The average molecular weight is 308 g/mol. The van der Waals surface area contributed by atoms with Crippen molar-refractivity contribution in [1.82, 2.24) is 0 Å². The molecule has 0 saturated carbocycles. The summed E-state index contributed by atoms with van der Waals surface area (Å²) in [5.74, 6) is 0. The minimum absolute atomic E-state index is 1.38. The van der Waals surface area contributed by atoms with Gasteiger partial charge in [-0.25, -0.2) is 0 Å². The van der Waals surface area contributed by atoms with Crippen LogP contribution < -0.4 is 0 Å². The first-order chi connectivity index (χ1) is 11.6. The number of hydrogen-bond acceptors (Lipinski definition) is 0. The minimum atomic E-state index is 1.38. The van der Waals surface area contributed by atoms with E-state index in [-0.39, 0.29) is 0 Å². The van der Waals surface area contributed by atoms with E-state index in [1.54, 1.807) is 0 Å². The Kier molecular flexibility index (Phi) is 2.58. The first kappa shape index (κ1) is 13.8. The number of fused-ring (bicyclic) bond motifs is 2. The van der Waals surface area contributed by atoms with Crippen molar-refractivity contribution in [3.05, 3.63) is 70.8 Å². The molecule has 5 aromatic rings. The molecule has 0 spiro atoms. The van der Waals surface area contributed by atoms with Gasteiger partial charge < -0.3 is 0 Å². The number of rotatable bonds is 0. The Hall–Kier alpha value is -2.60. The summed E-state index contributed by atoms with van der Waals surface area (Å²) in [7, 11) is 0. The third-order valence-corrected chi connectivity index (χ3v) is 5.96. The Morgan fingerprint density at radius 2 is 0.833 bits per heavy atom. The third kappa shape index (κ3) is 1.54. The van der Waals surface area contributed by atoms with Gasteiger partial charge in [0.1, 0.15) is 0 Å². The van der Waals surface area contributed by atoms with Crippen LogP contribution in [0.5, 0.6) is 0 Å². The van der Waals surface area contributed by atoms with E-state index in [1.165, 1.54) is 65.3 Å². The Balaban J connectivity index is 2.27. The molecular formula is C24H20. The van der Waals surface area contributed by atoms with Crippen molar-refractivity contribution in [3.8, 4) is 0 Å². The predicted molar refractivity (Wildman–Crippen MR) is 107 cm³/mol. The van der Waals surface area contributed by atoms with Crippen LogP contribution in [0.4, 0.5) is 0 Å². The van der Waals surface area contributed by atoms with E-state index < -0.39 is 0 Å². The van der Waals surface area contributed by atoms with Gasteiger partial charge in [0.2, 0.25) is 0 Å². The van der Waals surface area contributed by atoms with E-state index in [1.807, 2.05) is 0 Å². The van der Waals surface area contributed by atoms with Crippen molar-refractivity contribution >= 4 is 43.1 Å². The molecule has 0 fully saturated rings. The van der Waals surface area contributed by atoms with Gasteiger partial charge in [0.15, 0.2) is 0 Å². The molecule has 0 radical (unpaired) electrons. The second-order valence-electron chi connectivity index (χ2n) is 7.19. The molecular weight excluding hydrogens is 288 g/mol. The molecule has 0 saturated heterocycles. The quantitative estimate of drug-likeness (QED) is 0.214. The lowest BCUT2D eigenvalue weighted by Crippen LogP contribution is -1.93. The van der Waals surface area contributed by atoms with Gasteiger partial charge >= 0.3 is 0 Å². The summed E-state index contributed by atoms with van der Waals surface area (Å²) in [4.78, 5) is 0. The smallest absolute Gasteiger partial charge is 0.00235 e. The molecule has 5 aromatic carbocycles. The van der Waals surface area contributed by atoms with E-state index in [4.69, 9.17) is 0 Å². The molecule has 0 heterocycles. The van der Waals surface area contributed by atoms with Crippen LogP contribution in [0.1, 0.15) is 22.3 Å². The van der Waals surface area contributed by atoms with Crippen molar-refractivity contribution in [2.24, 2.45) is 0 Å². The zero-order valence-electron chi connectivity index (χ0n) is 14.6. The fraction of sp³-hybridized carbons (Fsp3) is 0.167. The maximum Gasteiger partial charge on any atom is -0.00235 e. The molecule has 0 N–H and O–H groups in total. The fourth-order valence-corrected chi connectivity index (χ4v) is 4.40. The highest BCUT2D eigenvalue weighted by Crippen LogP contribution is 2.43. The van der Waals surface area contributed by atoms with Crippen molar-refractivity contribution < 1.29 is 0 Å². The summed E-state index contributed by atoms with van der Waals surface area (Å²) >= 11 is 0. The van der Waals surface area contributed by atoms with Crippen LogP contribution in [0.3, 0.4) is 0 Å². The summed E-state index contributed by atoms with van der Waals surface area (Å²) < 4.78 is 0. The van der Waals surface area contributed by atoms with Crippen LogP contribution >= 0.6 is 0 Å². The molecule has 0 aliphatic carbocycles. The molecule has 0 amide bonds. The Labute approximate surface area is 142 Å². The van der Waals surface area contributed by atoms with Gasteiger partial charge in [0, 0.05) is 0 Å². The monoisotopic (exact) mass is 308 g/mol. The maximum atomic E-state index is 2.39. The molecule has 24 heavy (non-hydrogen) atoms. The summed E-state index contributed by atoms with van der Waals surface area (Å²) in [6.07, 6.45) is 0. The highest BCUT2D eigenvalue weighted by molar-refractivity contribution is 6.33. The first-order valence-corrected chi connectivity index (χ1v) is 8.64. The van der Waals surface area contributed by atoms with Crippen molar-refractivity contribution in [2.75, 3.05) is 0 Å². The Bertz CT molecular complexity index is 1170. The molecule has 5 rings (SSSR count). The van der Waals surface area contributed by atoms with Crippen LogP contribution in [-0.2, 0) is 0 Å². The van der Waals surface area contributed by atoms with Crippen molar-refractivity contribution in [3.63, 3.8) is 0 Å². The highest BCUT2D eigenvalue weighted by atomic mass is 14.2. The van der Waals surface area contributed by atoms with Crippen LogP contribution in [0.25, 0.3) is 43.1 Å². The summed E-state index contributed by atoms with van der Waals surface area (Å²) in [5, 5.41) is 11.2. The van der Waals surface area contributed by atoms with Crippen molar-refractivity contribution in [1.29, 1.82) is 0 Å². The predicted octanol–water partition coefficient (Wildman–Crippen LogP) is 6.97. The van der Waals surface area contributed by atoms with E-state index >= 15 is 0 Å². The molecule has 0 heteroatoms. The molecule has 0 aromatic heterocycles. The topological polar surface area (TPSA) is 0 Å². The van der Waals surface area contributed by atoms with Crippen LogP contribution in [0.2, 0.25) is 0 Å². The molecule has 116 valence electrons. The van der Waals surface area contributed by atoms with Gasteiger partial charge in [0.25, 0.3) is 0 Å². The molecule has 0 atom stereocenters. The standard InChI is InChI=1S/C24H20/c1-13-11-21-22-12-14(2)16(4)18-8-6-10-20(24(18)22)19-9-5-7-17(15(13)3)23(19)21/h5-12H,1-4H3. The van der Waals surface area contributed by atoms with E-state index in [0.717, 1.165) is 0 Å². The van der Waals surface area contributed by atoms with Gasteiger partial charge in [0.05, 0.1) is 0 Å². The lowest BCUT2D eigenvalue weighted by atomic mass is 9.85. The largest absolute Gasteiger partial charge is 0.0610 e. The van der Waals surface area contributed by atoms with Gasteiger partial charge in [-0.1, -0.05) is 48.5 Å². The maximum absolute atomic E-state index is 2.39. The zero-order valence-corrected chi connectivity index (χ0v) is 14.6. The van der Waals surface area contributed by atoms with Gasteiger partial charge in [-0.05, 0) is 93.0 Å². The molecule has 0 nitrogen and oxygen atoms in total. The van der Waals surface area contributed by atoms with Crippen LogP contribution in [0.15, 0.2) is 48.5 Å². The lowest BCUT2D eigenvalue weighted by Gasteiger charge is -2.18. The number of hydrogen-bond donors (Lipinski definition) is 0. The van der Waals surface area contributed by atoms with E-state index in [2.05, 4.69) is 76.2 Å². The van der Waals surface area contributed by atoms with Gasteiger partial charge in [-0.2, -0.15) is 0 Å². The lowest BCUT2D eigenvalue weighted by molar-refractivity contribution is 1.38. The number of aryl methyl sites for hydroxylation is 4. The fourth-order valence-electron chi connectivity index (χ4n) is 4.40. The average Bonchev–Trinajstić information content (AvgIpc) is 2.60. The Morgan fingerprint density at radius 3 is 1.25 bits per heavy atom. The number of benzene rings is 5. The normalized spacial score (nSPS) is 12.2. The van der Waals surface area contributed by atoms with E-state index in [0.29, 0.717) is 0 Å². The molecule has 0 aliphatic heterocycles. The van der Waals surface area contributed by atoms with Gasteiger partial charge in [-0.3, -0.25) is 0 Å². The summed E-state index contributed by atoms with van der Waals surface area (Å²) in [5.41, 5.74) is 5.55. The summed E-state index contributed by atoms with van der Waals surface area (Å²) in [6.45, 7) is 8.96. The molecule has 0 bridgehead atoms.